The first kappa shape index (κ1) is 14.1. The average molecular weight is 228 g/mol. The number of allylic oxidation sites excluding steroid dienone is 1. The minimum absolute atomic E-state index is 0. The number of hydrogen-bond acceptors (Lipinski definition) is 3. The molecule has 1 rings (SSSR count). The summed E-state index contributed by atoms with van der Waals surface area (Å²) < 4.78 is 4.60. The van der Waals surface area contributed by atoms with E-state index in [4.69, 9.17) is 0 Å². The first-order valence-corrected chi connectivity index (χ1v) is 5.00. The van der Waals surface area contributed by atoms with Crippen molar-refractivity contribution < 1.29 is 14.3 Å². The largest absolute Gasteiger partial charge is 0.393 e. The zero-order valence-corrected chi connectivity index (χ0v) is 8.54. The lowest BCUT2D eigenvalue weighted by molar-refractivity contribution is -0.155. The third-order valence-corrected chi connectivity index (χ3v) is 2.67. The molecule has 1 fully saturated rings. The van der Waals surface area contributed by atoms with Gasteiger partial charge in [0.2, 0.25) is 0 Å². The molecule has 3 nitrogen and oxygen atoms in total. The number of carbonyl (C=O) groups is 2. The fraction of sp³-hybridized carbons (Fsp3) is 0.636. The van der Waals surface area contributed by atoms with Gasteiger partial charge in [-0.2, -0.15) is 0 Å². The van der Waals surface area contributed by atoms with Gasteiger partial charge in [0.1, 0.15) is 0 Å². The summed E-state index contributed by atoms with van der Waals surface area (Å²) in [6.45, 7) is 5.68. The van der Waals surface area contributed by atoms with Crippen molar-refractivity contribution >= 4 is 22.9 Å². The molecular formula is C11H20O3Si. The van der Waals surface area contributed by atoms with Gasteiger partial charge in [-0.25, -0.2) is 0 Å². The van der Waals surface area contributed by atoms with E-state index in [9.17, 15) is 9.59 Å². The highest BCUT2D eigenvalue weighted by Crippen LogP contribution is 2.39. The maximum atomic E-state index is 11.5. The predicted octanol–water partition coefficient (Wildman–Crippen LogP) is 0.761. The lowest BCUT2D eigenvalue weighted by Crippen LogP contribution is -2.25. The monoisotopic (exact) mass is 228 g/mol. The highest BCUT2D eigenvalue weighted by molar-refractivity contribution is 5.97. The van der Waals surface area contributed by atoms with Crippen LogP contribution in [0.1, 0.15) is 39.0 Å². The van der Waals surface area contributed by atoms with E-state index in [1.165, 1.54) is 0 Å². The van der Waals surface area contributed by atoms with Crippen molar-refractivity contribution in [3.05, 3.63) is 12.7 Å². The van der Waals surface area contributed by atoms with Gasteiger partial charge < -0.3 is 4.74 Å². The maximum absolute atomic E-state index is 11.5. The van der Waals surface area contributed by atoms with Crippen LogP contribution in [0.2, 0.25) is 0 Å². The first-order valence-electron chi connectivity index (χ1n) is 5.00. The van der Waals surface area contributed by atoms with Crippen molar-refractivity contribution in [3.63, 3.8) is 0 Å². The van der Waals surface area contributed by atoms with Gasteiger partial charge in [-0.3, -0.25) is 9.59 Å². The van der Waals surface area contributed by atoms with E-state index in [0.29, 0.717) is 6.42 Å². The molecule has 0 amide bonds. The summed E-state index contributed by atoms with van der Waals surface area (Å²) in [5.74, 6) is -0.760. The van der Waals surface area contributed by atoms with Crippen LogP contribution in [0.3, 0.4) is 0 Å². The van der Waals surface area contributed by atoms with Gasteiger partial charge >= 0.3 is 11.9 Å². The second kappa shape index (κ2) is 5.85. The topological polar surface area (TPSA) is 43.4 Å². The summed E-state index contributed by atoms with van der Waals surface area (Å²) >= 11 is 0. The molecular weight excluding hydrogens is 208 g/mol. The molecule has 0 bridgehead atoms. The number of hydrogen-bond donors (Lipinski definition) is 0. The highest BCUT2D eigenvalue weighted by atomic mass is 28.1. The fourth-order valence-electron chi connectivity index (χ4n) is 1.84. The SMILES string of the molecule is C=CCC1(CCCC)CC(=O)OC1=O.[SiH4]. The highest BCUT2D eigenvalue weighted by Gasteiger charge is 2.47. The lowest BCUT2D eigenvalue weighted by atomic mass is 9.78. The Kier molecular flexibility index (Phi) is 5.50. The third kappa shape index (κ3) is 3.02. The van der Waals surface area contributed by atoms with Gasteiger partial charge in [-0.15, -0.1) is 6.58 Å². The van der Waals surface area contributed by atoms with E-state index in [1.807, 2.05) is 0 Å². The molecule has 4 heteroatoms. The van der Waals surface area contributed by atoms with Crippen LogP contribution in [0.4, 0.5) is 0 Å². The van der Waals surface area contributed by atoms with E-state index < -0.39 is 11.4 Å². The van der Waals surface area contributed by atoms with Gasteiger partial charge in [-0.05, 0) is 23.8 Å². The number of rotatable bonds is 5. The molecule has 1 unspecified atom stereocenters. The summed E-state index contributed by atoms with van der Waals surface area (Å²) in [7, 11) is 0. The van der Waals surface area contributed by atoms with Crippen LogP contribution < -0.4 is 0 Å². The minimum Gasteiger partial charge on any atom is -0.393 e. The third-order valence-electron chi connectivity index (χ3n) is 2.67. The smallest absolute Gasteiger partial charge is 0.320 e. The Labute approximate surface area is 94.9 Å². The Bertz CT molecular complexity index is 263. The standard InChI is InChI=1S/C11H16O3.H4Si/c1-3-5-7-11(6-4-2)8-9(12)14-10(11)13;/h4H,2-3,5-8H2,1H3;1H4. The molecule has 1 aliphatic rings. The van der Waals surface area contributed by atoms with E-state index in [0.717, 1.165) is 19.3 Å². The van der Waals surface area contributed by atoms with Gasteiger partial charge in [0.15, 0.2) is 0 Å². The van der Waals surface area contributed by atoms with Crippen LogP contribution in [0.25, 0.3) is 0 Å². The van der Waals surface area contributed by atoms with Crippen LogP contribution in [0.15, 0.2) is 12.7 Å². The number of esters is 2. The van der Waals surface area contributed by atoms with Gasteiger partial charge in [-0.1, -0.05) is 25.8 Å². The van der Waals surface area contributed by atoms with E-state index in [-0.39, 0.29) is 23.4 Å². The van der Waals surface area contributed by atoms with Gasteiger partial charge in [0.25, 0.3) is 0 Å². The van der Waals surface area contributed by atoms with Gasteiger partial charge in [0, 0.05) is 0 Å². The Morgan fingerprint density at radius 1 is 1.53 bits per heavy atom. The van der Waals surface area contributed by atoms with E-state index in [1.54, 1.807) is 6.08 Å². The lowest BCUT2D eigenvalue weighted by Gasteiger charge is -2.21. The molecule has 0 saturated carbocycles. The molecule has 1 aliphatic heterocycles. The second-order valence-corrected chi connectivity index (χ2v) is 3.81. The Morgan fingerprint density at radius 2 is 2.20 bits per heavy atom. The van der Waals surface area contributed by atoms with E-state index >= 15 is 0 Å². The molecule has 0 spiro atoms. The molecule has 0 N–H and O–H groups in total. The summed E-state index contributed by atoms with van der Waals surface area (Å²) in [6, 6.07) is 0. The molecule has 1 saturated heterocycles. The second-order valence-electron chi connectivity index (χ2n) is 3.81. The van der Waals surface area contributed by atoms with Gasteiger partial charge in [0.05, 0.1) is 11.8 Å². The van der Waals surface area contributed by atoms with Crippen molar-refractivity contribution in [2.45, 2.75) is 39.0 Å². The first-order chi connectivity index (χ1) is 6.64. The van der Waals surface area contributed by atoms with Crippen molar-refractivity contribution in [2.75, 3.05) is 0 Å². The number of ether oxygens (including phenoxy) is 1. The van der Waals surface area contributed by atoms with Crippen LogP contribution in [0, 0.1) is 5.41 Å². The van der Waals surface area contributed by atoms with Crippen molar-refractivity contribution in [1.29, 1.82) is 0 Å². The molecule has 1 atom stereocenters. The van der Waals surface area contributed by atoms with Crippen LogP contribution >= 0.6 is 0 Å². The van der Waals surface area contributed by atoms with E-state index in [2.05, 4.69) is 18.2 Å². The Balaban J connectivity index is 0.00000196. The maximum Gasteiger partial charge on any atom is 0.320 e. The zero-order chi connectivity index (χ0) is 10.6. The molecule has 0 radical (unpaired) electrons. The van der Waals surface area contributed by atoms with Crippen molar-refractivity contribution in [2.24, 2.45) is 5.41 Å². The molecule has 1 heterocycles. The van der Waals surface area contributed by atoms with Crippen molar-refractivity contribution in [3.8, 4) is 0 Å². The van der Waals surface area contributed by atoms with Crippen molar-refractivity contribution in [1.82, 2.24) is 0 Å². The normalized spacial score (nSPS) is 24.6. The predicted molar refractivity (Wildman–Crippen MR) is 63.8 cm³/mol. The Morgan fingerprint density at radius 3 is 2.60 bits per heavy atom. The van der Waals surface area contributed by atoms with Crippen LogP contribution in [-0.2, 0) is 14.3 Å². The fourth-order valence-corrected chi connectivity index (χ4v) is 1.84. The molecule has 0 aromatic rings. The molecule has 15 heavy (non-hydrogen) atoms. The number of unbranched alkanes of at least 4 members (excludes halogenated alkanes) is 1. The quantitative estimate of drug-likeness (QED) is 0.302. The molecule has 0 aromatic carbocycles. The molecule has 86 valence electrons. The number of carbonyl (C=O) groups excluding carboxylic acids is 2. The Hall–Kier alpha value is -0.903. The van der Waals surface area contributed by atoms with Crippen LogP contribution in [0.5, 0.6) is 0 Å². The zero-order valence-electron chi connectivity index (χ0n) is 8.54. The number of cyclic esters (lactones) is 2. The van der Waals surface area contributed by atoms with Crippen LogP contribution in [-0.4, -0.2) is 22.9 Å². The summed E-state index contributed by atoms with van der Waals surface area (Å²) in [6.07, 6.45) is 5.13. The summed E-state index contributed by atoms with van der Waals surface area (Å²) in [5, 5.41) is 0. The minimum atomic E-state index is -0.602. The summed E-state index contributed by atoms with van der Waals surface area (Å²) in [5.41, 5.74) is -0.602. The molecule has 0 aliphatic carbocycles. The molecule has 0 aromatic heterocycles. The average Bonchev–Trinajstić information content (AvgIpc) is 2.40. The summed E-state index contributed by atoms with van der Waals surface area (Å²) in [4.78, 5) is 22.5.